The first-order valence-corrected chi connectivity index (χ1v) is 7.79. The van der Waals surface area contributed by atoms with Crippen molar-refractivity contribution >= 4 is 11.6 Å². The molecule has 3 nitrogen and oxygen atoms in total. The summed E-state index contributed by atoms with van der Waals surface area (Å²) in [5.41, 5.74) is 2.32. The fraction of sp³-hybridized carbons (Fsp3) is 0.333. The Morgan fingerprint density at radius 3 is 2.36 bits per heavy atom. The van der Waals surface area contributed by atoms with Gasteiger partial charge >= 0.3 is 0 Å². The summed E-state index contributed by atoms with van der Waals surface area (Å²) in [6, 6.07) is 15.6. The van der Waals surface area contributed by atoms with Crippen LogP contribution in [0.5, 0.6) is 5.75 Å². The molecule has 22 heavy (non-hydrogen) atoms. The van der Waals surface area contributed by atoms with Gasteiger partial charge in [-0.25, -0.2) is 0 Å². The second kappa shape index (κ2) is 8.18. The van der Waals surface area contributed by atoms with Gasteiger partial charge in [-0.1, -0.05) is 41.4 Å². The first-order valence-electron chi connectivity index (χ1n) is 7.41. The van der Waals surface area contributed by atoms with E-state index in [1.54, 1.807) is 0 Å². The van der Waals surface area contributed by atoms with Gasteiger partial charge in [-0.2, -0.15) is 0 Å². The maximum absolute atomic E-state index is 10.00. The summed E-state index contributed by atoms with van der Waals surface area (Å²) in [7, 11) is 0. The van der Waals surface area contributed by atoms with E-state index < -0.39 is 6.10 Å². The molecule has 2 rings (SSSR count). The summed E-state index contributed by atoms with van der Waals surface area (Å²) in [5, 5.41) is 14.0. The van der Waals surface area contributed by atoms with Gasteiger partial charge in [0, 0.05) is 17.6 Å². The van der Waals surface area contributed by atoms with E-state index in [-0.39, 0.29) is 12.6 Å². The molecule has 0 saturated heterocycles. The molecule has 2 aromatic rings. The third-order valence-electron chi connectivity index (χ3n) is 3.49. The summed E-state index contributed by atoms with van der Waals surface area (Å²) >= 11 is 5.88. The van der Waals surface area contributed by atoms with Crippen molar-refractivity contribution < 1.29 is 9.84 Å². The number of hydrogen-bond donors (Lipinski definition) is 2. The largest absolute Gasteiger partial charge is 0.491 e. The normalized spacial score (nSPS) is 13.6. The predicted octanol–water partition coefficient (Wildman–Crippen LogP) is 3.74. The molecule has 2 N–H and O–H groups in total. The van der Waals surface area contributed by atoms with E-state index >= 15 is 0 Å². The van der Waals surface area contributed by atoms with Crippen molar-refractivity contribution in [2.75, 3.05) is 13.2 Å². The molecular weight excluding hydrogens is 298 g/mol. The lowest BCUT2D eigenvalue weighted by atomic mass is 10.1. The fourth-order valence-electron chi connectivity index (χ4n) is 2.07. The number of ether oxygens (including phenoxy) is 1. The summed E-state index contributed by atoms with van der Waals surface area (Å²) in [6.07, 6.45) is -0.559. The van der Waals surface area contributed by atoms with E-state index in [0.29, 0.717) is 6.54 Å². The third-order valence-corrected chi connectivity index (χ3v) is 3.75. The highest BCUT2D eigenvalue weighted by Gasteiger charge is 2.09. The van der Waals surface area contributed by atoms with Crippen LogP contribution < -0.4 is 10.1 Å². The number of aliphatic hydroxyl groups is 1. The van der Waals surface area contributed by atoms with Crippen LogP contribution in [-0.4, -0.2) is 24.4 Å². The number of aryl methyl sites for hydroxylation is 1. The van der Waals surface area contributed by atoms with Gasteiger partial charge in [0.25, 0.3) is 0 Å². The van der Waals surface area contributed by atoms with Gasteiger partial charge in [-0.15, -0.1) is 0 Å². The Kier molecular flexibility index (Phi) is 6.25. The van der Waals surface area contributed by atoms with Gasteiger partial charge in [0.05, 0.1) is 0 Å². The Balaban J connectivity index is 1.73. The third kappa shape index (κ3) is 5.34. The van der Waals surface area contributed by atoms with E-state index in [1.165, 1.54) is 5.56 Å². The van der Waals surface area contributed by atoms with Gasteiger partial charge in [-0.3, -0.25) is 0 Å². The number of rotatable bonds is 7. The zero-order chi connectivity index (χ0) is 15.9. The Morgan fingerprint density at radius 1 is 1.09 bits per heavy atom. The van der Waals surface area contributed by atoms with Crippen molar-refractivity contribution in [1.29, 1.82) is 0 Å². The number of hydrogen-bond acceptors (Lipinski definition) is 3. The average molecular weight is 320 g/mol. The van der Waals surface area contributed by atoms with Crippen LogP contribution in [-0.2, 0) is 0 Å². The summed E-state index contributed by atoms with van der Waals surface area (Å²) in [5.74, 6) is 0.774. The molecule has 2 unspecified atom stereocenters. The molecule has 118 valence electrons. The minimum atomic E-state index is -0.559. The molecular formula is C18H22ClNO2. The second-order valence-corrected chi connectivity index (χ2v) is 5.90. The predicted molar refractivity (Wildman–Crippen MR) is 90.6 cm³/mol. The zero-order valence-corrected chi connectivity index (χ0v) is 13.7. The molecule has 0 aromatic heterocycles. The molecule has 2 atom stereocenters. The van der Waals surface area contributed by atoms with Crippen molar-refractivity contribution in [3.8, 4) is 5.75 Å². The molecule has 0 amide bonds. The van der Waals surface area contributed by atoms with Gasteiger partial charge in [0.2, 0.25) is 0 Å². The zero-order valence-electron chi connectivity index (χ0n) is 12.9. The Labute approximate surface area is 136 Å². The van der Waals surface area contributed by atoms with Crippen LogP contribution in [0.2, 0.25) is 5.02 Å². The van der Waals surface area contributed by atoms with E-state index in [4.69, 9.17) is 16.3 Å². The van der Waals surface area contributed by atoms with Crippen LogP contribution in [0.4, 0.5) is 0 Å². The van der Waals surface area contributed by atoms with Crippen molar-refractivity contribution in [3.05, 3.63) is 64.7 Å². The summed E-state index contributed by atoms with van der Waals surface area (Å²) in [6.45, 7) is 4.82. The molecule has 0 bridgehead atoms. The molecule has 0 spiro atoms. The molecule has 0 aliphatic carbocycles. The molecule has 0 radical (unpaired) electrons. The Morgan fingerprint density at radius 2 is 1.73 bits per heavy atom. The summed E-state index contributed by atoms with van der Waals surface area (Å²) < 4.78 is 5.57. The highest BCUT2D eigenvalue weighted by atomic mass is 35.5. The van der Waals surface area contributed by atoms with Crippen molar-refractivity contribution in [3.63, 3.8) is 0 Å². The van der Waals surface area contributed by atoms with Crippen LogP contribution in [0, 0.1) is 6.92 Å². The van der Waals surface area contributed by atoms with Crippen LogP contribution in [0.25, 0.3) is 0 Å². The fourth-order valence-corrected chi connectivity index (χ4v) is 2.19. The minimum absolute atomic E-state index is 0.145. The second-order valence-electron chi connectivity index (χ2n) is 5.46. The maximum Gasteiger partial charge on any atom is 0.119 e. The molecule has 4 heteroatoms. The Bertz CT molecular complexity index is 569. The van der Waals surface area contributed by atoms with E-state index in [0.717, 1.165) is 16.3 Å². The van der Waals surface area contributed by atoms with Gasteiger partial charge in [-0.05, 0) is 43.7 Å². The van der Waals surface area contributed by atoms with E-state index in [9.17, 15) is 5.11 Å². The van der Waals surface area contributed by atoms with Crippen LogP contribution in [0.1, 0.15) is 24.1 Å². The van der Waals surface area contributed by atoms with Crippen molar-refractivity contribution in [2.45, 2.75) is 26.0 Å². The molecule has 0 fully saturated rings. The lowest BCUT2D eigenvalue weighted by Gasteiger charge is -2.18. The smallest absolute Gasteiger partial charge is 0.119 e. The number of halogens is 1. The molecule has 0 aliphatic rings. The van der Waals surface area contributed by atoms with Crippen molar-refractivity contribution in [1.82, 2.24) is 5.32 Å². The Hall–Kier alpha value is -1.55. The highest BCUT2D eigenvalue weighted by molar-refractivity contribution is 6.30. The lowest BCUT2D eigenvalue weighted by molar-refractivity contribution is 0.104. The SMILES string of the molecule is Cc1ccc(OCC(O)CNC(C)c2ccc(Cl)cc2)cc1. The van der Waals surface area contributed by atoms with Gasteiger partial charge < -0.3 is 15.2 Å². The number of aliphatic hydroxyl groups excluding tert-OH is 1. The van der Waals surface area contributed by atoms with Crippen molar-refractivity contribution in [2.24, 2.45) is 0 Å². The molecule has 2 aromatic carbocycles. The van der Waals surface area contributed by atoms with Crippen LogP contribution >= 0.6 is 11.6 Å². The molecule has 0 aliphatic heterocycles. The standard InChI is InChI=1S/C18H22ClNO2/c1-13-3-9-18(10-4-13)22-12-17(21)11-20-14(2)15-5-7-16(19)8-6-15/h3-10,14,17,20-21H,11-12H2,1-2H3. The quantitative estimate of drug-likeness (QED) is 0.817. The topological polar surface area (TPSA) is 41.5 Å². The van der Waals surface area contributed by atoms with Gasteiger partial charge in [0.1, 0.15) is 18.5 Å². The minimum Gasteiger partial charge on any atom is -0.491 e. The molecule has 0 heterocycles. The van der Waals surface area contributed by atoms with E-state index in [1.807, 2.05) is 55.5 Å². The average Bonchev–Trinajstić information content (AvgIpc) is 2.52. The first kappa shape index (κ1) is 16.8. The number of nitrogens with one attached hydrogen (secondary N) is 1. The monoisotopic (exact) mass is 319 g/mol. The van der Waals surface area contributed by atoms with E-state index in [2.05, 4.69) is 12.2 Å². The van der Waals surface area contributed by atoms with Gasteiger partial charge in [0.15, 0.2) is 0 Å². The lowest BCUT2D eigenvalue weighted by Crippen LogP contribution is -2.33. The number of benzene rings is 2. The van der Waals surface area contributed by atoms with Crippen LogP contribution in [0.15, 0.2) is 48.5 Å². The summed E-state index contributed by atoms with van der Waals surface area (Å²) in [4.78, 5) is 0. The van der Waals surface area contributed by atoms with Crippen LogP contribution in [0.3, 0.4) is 0 Å². The molecule has 0 saturated carbocycles. The first-order chi connectivity index (χ1) is 10.5. The highest BCUT2D eigenvalue weighted by Crippen LogP contribution is 2.16. The maximum atomic E-state index is 10.00.